The molecule has 4 aliphatic heterocycles. The van der Waals surface area contributed by atoms with Crippen LogP contribution in [-0.4, -0.2) is 70.3 Å². The first kappa shape index (κ1) is 33.8. The van der Waals surface area contributed by atoms with E-state index in [0.717, 1.165) is 61.2 Å². The maximum atomic E-state index is 15.5. The summed E-state index contributed by atoms with van der Waals surface area (Å²) in [4.78, 5) is 37.7. The molecule has 3 N–H and O–H groups in total. The monoisotopic (exact) mass is 733 g/mol. The number of nitrogens with zero attached hydrogens (tertiary/aromatic N) is 4. The van der Waals surface area contributed by atoms with Crippen molar-refractivity contribution in [3.05, 3.63) is 39.7 Å². The highest BCUT2D eigenvalue weighted by Crippen LogP contribution is 2.50. The maximum Gasteiger partial charge on any atom is 0.412 e. The summed E-state index contributed by atoms with van der Waals surface area (Å²) in [5.41, 5.74) is 2.15. The third-order valence-corrected chi connectivity index (χ3v) is 11.7. The maximum absolute atomic E-state index is 15.5. The summed E-state index contributed by atoms with van der Waals surface area (Å²) in [5.74, 6) is -0.262. The Labute approximate surface area is 302 Å². The molecule has 0 saturated carbocycles. The first-order valence-electron chi connectivity index (χ1n) is 17.2. The number of rotatable bonds is 7. The number of amides is 2. The lowest BCUT2D eigenvalue weighted by molar-refractivity contribution is -0.119. The Morgan fingerprint density at radius 1 is 1.22 bits per heavy atom. The second-order valence-corrected chi connectivity index (χ2v) is 15.9. The van der Waals surface area contributed by atoms with Gasteiger partial charge in [0.25, 0.3) is 0 Å². The number of ether oxygens (including phenoxy) is 3. The van der Waals surface area contributed by atoms with Gasteiger partial charge in [0.05, 0.1) is 44.9 Å². The van der Waals surface area contributed by atoms with Gasteiger partial charge in [-0.25, -0.2) is 9.18 Å². The first-order valence-corrected chi connectivity index (χ1v) is 18.4. The molecular formula is C36H37ClFN7O5S. The van der Waals surface area contributed by atoms with E-state index in [0.29, 0.717) is 52.8 Å². The van der Waals surface area contributed by atoms with Gasteiger partial charge in [-0.1, -0.05) is 17.7 Å². The summed E-state index contributed by atoms with van der Waals surface area (Å²) in [6.45, 7) is 8.64. The van der Waals surface area contributed by atoms with Crippen molar-refractivity contribution >= 4 is 66.7 Å². The smallest absolute Gasteiger partial charge is 0.412 e. The number of hydrogen-bond donors (Lipinski definition) is 3. The van der Waals surface area contributed by atoms with Crippen LogP contribution in [0, 0.1) is 17.1 Å². The van der Waals surface area contributed by atoms with Crippen LogP contribution in [0.4, 0.5) is 20.0 Å². The quantitative estimate of drug-likeness (QED) is 0.184. The van der Waals surface area contributed by atoms with Crippen molar-refractivity contribution < 1.29 is 28.2 Å². The molecule has 1 atom stereocenters. The SMILES string of the molecule is CC(C)(C)OC(=O)Nc1sc2c(F)ccc(-c3c4c(c5c(N[C@H]6CCNC6=O)nc(OCC67CCCN6CCC7)nc5c3Cl)COC4)c2c1C#N. The lowest BCUT2D eigenvalue weighted by Crippen LogP contribution is -2.43. The van der Waals surface area contributed by atoms with Gasteiger partial charge in [0.2, 0.25) is 5.91 Å². The predicted molar refractivity (Wildman–Crippen MR) is 192 cm³/mol. The molecule has 6 heterocycles. The number of carbonyl (C=O) groups excluding carboxylic acids is 2. The lowest BCUT2D eigenvalue weighted by atomic mass is 9.91. The predicted octanol–water partition coefficient (Wildman–Crippen LogP) is 6.86. The number of nitriles is 1. The van der Waals surface area contributed by atoms with Crippen LogP contribution in [0.3, 0.4) is 0 Å². The summed E-state index contributed by atoms with van der Waals surface area (Å²) in [7, 11) is 0. The number of anilines is 2. The van der Waals surface area contributed by atoms with Crippen LogP contribution in [-0.2, 0) is 27.5 Å². The minimum atomic E-state index is -0.782. The van der Waals surface area contributed by atoms with Gasteiger partial charge in [-0.3, -0.25) is 15.0 Å². The fourth-order valence-electron chi connectivity index (χ4n) is 7.99. The fraction of sp³-hybridized carbons (Fsp3) is 0.472. The average molecular weight is 734 g/mol. The Morgan fingerprint density at radius 2 is 1.98 bits per heavy atom. The zero-order valence-electron chi connectivity index (χ0n) is 28.5. The van der Waals surface area contributed by atoms with Crippen molar-refractivity contribution in [1.82, 2.24) is 20.2 Å². The molecule has 2 aromatic heterocycles. The minimum absolute atomic E-state index is 0.0601. The summed E-state index contributed by atoms with van der Waals surface area (Å²) < 4.78 is 33.5. The molecule has 0 bridgehead atoms. The normalized spacial score (nSPS) is 19.6. The van der Waals surface area contributed by atoms with E-state index in [4.69, 9.17) is 35.8 Å². The van der Waals surface area contributed by atoms with Gasteiger partial charge in [0.1, 0.15) is 41.0 Å². The molecule has 2 aromatic carbocycles. The van der Waals surface area contributed by atoms with Crippen LogP contribution in [0.1, 0.15) is 69.6 Å². The molecule has 3 fully saturated rings. The van der Waals surface area contributed by atoms with E-state index in [1.54, 1.807) is 26.8 Å². The number of hydrogen-bond acceptors (Lipinski definition) is 11. The number of aromatic nitrogens is 2. The molecule has 0 unspecified atom stereocenters. The van der Waals surface area contributed by atoms with Gasteiger partial charge >= 0.3 is 12.1 Å². The first-order chi connectivity index (χ1) is 24.5. The van der Waals surface area contributed by atoms with E-state index in [1.807, 2.05) is 0 Å². The standard InChI is InChI=1S/C36H37ClFN7O5S/c1-35(2,3)50-34(47)44-32-19(14-39)25-18(6-7-22(38)29(25)51-32)24-20-15-48-16-21(20)26-28(27(24)37)42-33(43-30(26)41-23-8-11-40-31(23)46)49-17-36-9-4-12-45(36)13-5-10-36/h6-7,23H,4-5,8-13,15-17H2,1-3H3,(H,40,46)(H,44,47)(H,41,42,43)/t23-/m0/s1. The average Bonchev–Trinajstić information content (AvgIpc) is 3.90. The van der Waals surface area contributed by atoms with Crippen molar-refractivity contribution in [1.29, 1.82) is 5.26 Å². The van der Waals surface area contributed by atoms with Crippen LogP contribution in [0.25, 0.3) is 32.1 Å². The van der Waals surface area contributed by atoms with E-state index in [1.165, 1.54) is 6.07 Å². The van der Waals surface area contributed by atoms with Crippen molar-refractivity contribution in [2.75, 3.05) is 36.9 Å². The van der Waals surface area contributed by atoms with Crippen molar-refractivity contribution in [3.8, 4) is 23.2 Å². The number of fused-ring (bicyclic) bond motifs is 5. The largest absolute Gasteiger partial charge is 0.461 e. The van der Waals surface area contributed by atoms with Gasteiger partial charge in [0, 0.05) is 17.5 Å². The van der Waals surface area contributed by atoms with Gasteiger partial charge in [-0.15, -0.1) is 11.3 Å². The molecule has 8 rings (SSSR count). The third kappa shape index (κ3) is 5.90. The van der Waals surface area contributed by atoms with Gasteiger partial charge in [-0.05, 0) is 88.7 Å². The molecule has 0 spiro atoms. The van der Waals surface area contributed by atoms with E-state index < -0.39 is 23.6 Å². The van der Waals surface area contributed by atoms with Crippen LogP contribution in [0.5, 0.6) is 6.01 Å². The minimum Gasteiger partial charge on any atom is -0.461 e. The Bertz CT molecular complexity index is 2150. The summed E-state index contributed by atoms with van der Waals surface area (Å²) in [6, 6.07) is 4.70. The number of benzene rings is 2. The molecule has 15 heteroatoms. The highest BCUT2D eigenvalue weighted by atomic mass is 35.5. The van der Waals surface area contributed by atoms with Crippen molar-refractivity contribution in [3.63, 3.8) is 0 Å². The van der Waals surface area contributed by atoms with Crippen molar-refractivity contribution in [2.24, 2.45) is 0 Å². The number of nitrogens with one attached hydrogen (secondary N) is 3. The zero-order valence-corrected chi connectivity index (χ0v) is 30.1. The van der Waals surface area contributed by atoms with Gasteiger partial charge in [0.15, 0.2) is 0 Å². The molecule has 2 amide bonds. The Hall–Kier alpha value is -4.29. The Balaban J connectivity index is 1.30. The third-order valence-electron chi connectivity index (χ3n) is 10.2. The molecule has 266 valence electrons. The lowest BCUT2D eigenvalue weighted by Gasteiger charge is -2.31. The van der Waals surface area contributed by atoms with E-state index in [-0.39, 0.29) is 51.0 Å². The summed E-state index contributed by atoms with van der Waals surface area (Å²) >= 11 is 8.33. The highest BCUT2D eigenvalue weighted by Gasteiger charge is 2.45. The molecule has 4 aromatic rings. The van der Waals surface area contributed by atoms with Gasteiger partial charge in [-0.2, -0.15) is 15.2 Å². The molecule has 3 saturated heterocycles. The summed E-state index contributed by atoms with van der Waals surface area (Å²) in [6.07, 6.45) is 4.12. The highest BCUT2D eigenvalue weighted by molar-refractivity contribution is 7.23. The summed E-state index contributed by atoms with van der Waals surface area (Å²) in [5, 5.41) is 20.6. The number of thiophene rings is 1. The molecule has 4 aliphatic rings. The number of carbonyl (C=O) groups is 2. The van der Waals surface area contributed by atoms with Crippen LogP contribution in [0.2, 0.25) is 5.02 Å². The van der Waals surface area contributed by atoms with E-state index in [2.05, 4.69) is 26.9 Å². The Morgan fingerprint density at radius 3 is 2.69 bits per heavy atom. The Kier molecular flexibility index (Phi) is 8.45. The second-order valence-electron chi connectivity index (χ2n) is 14.5. The van der Waals surface area contributed by atoms with E-state index in [9.17, 15) is 14.9 Å². The zero-order chi connectivity index (χ0) is 35.7. The molecule has 0 aliphatic carbocycles. The van der Waals surface area contributed by atoms with Crippen LogP contribution >= 0.6 is 22.9 Å². The van der Waals surface area contributed by atoms with Gasteiger partial charge < -0.3 is 24.8 Å². The second kappa shape index (κ2) is 12.7. The molecule has 51 heavy (non-hydrogen) atoms. The fourth-order valence-corrected chi connectivity index (χ4v) is 9.41. The van der Waals surface area contributed by atoms with Crippen LogP contribution < -0.4 is 20.7 Å². The molecule has 12 nitrogen and oxygen atoms in total. The topological polar surface area (TPSA) is 151 Å². The van der Waals surface area contributed by atoms with E-state index >= 15 is 4.39 Å². The molecule has 0 radical (unpaired) electrons. The van der Waals surface area contributed by atoms with Crippen molar-refractivity contribution in [2.45, 2.75) is 83.3 Å². The molecular weight excluding hydrogens is 697 g/mol. The number of halogens is 2. The van der Waals surface area contributed by atoms with Crippen LogP contribution in [0.15, 0.2) is 12.1 Å².